The molecule has 0 radical (unpaired) electrons. The Morgan fingerprint density at radius 2 is 2.29 bits per heavy atom. The van der Waals surface area contributed by atoms with Crippen molar-refractivity contribution in [1.82, 2.24) is 4.98 Å². The Hall–Kier alpha value is -1.85. The maximum Gasteiger partial charge on any atom is 0.0731 e. The van der Waals surface area contributed by atoms with Gasteiger partial charge in [-0.3, -0.25) is 4.98 Å². The molecule has 0 bridgehead atoms. The van der Waals surface area contributed by atoms with Gasteiger partial charge in [0.15, 0.2) is 0 Å². The fourth-order valence-electron chi connectivity index (χ4n) is 1.60. The molecule has 0 amide bonds. The molecule has 1 aromatic carbocycles. The molecule has 1 heteroatoms. The molecule has 0 aliphatic heterocycles. The smallest absolute Gasteiger partial charge is 0.0731 e. The van der Waals surface area contributed by atoms with Gasteiger partial charge in [-0.05, 0) is 42.3 Å². The summed E-state index contributed by atoms with van der Waals surface area (Å²) in [6, 6.07) is 8.19. The fraction of sp³-hybridized carbons (Fsp3) is 0.0769. The number of aryl methyl sites for hydroxylation is 1. The van der Waals surface area contributed by atoms with E-state index >= 15 is 0 Å². The van der Waals surface area contributed by atoms with E-state index in [2.05, 4.69) is 42.4 Å². The number of pyridine rings is 1. The second-order valence-electron chi connectivity index (χ2n) is 3.26. The van der Waals surface area contributed by atoms with Crippen molar-refractivity contribution < 1.29 is 0 Å². The maximum atomic E-state index is 4.33. The first-order valence-electron chi connectivity index (χ1n) is 4.52. The summed E-state index contributed by atoms with van der Waals surface area (Å²) in [7, 11) is 0. The van der Waals surface area contributed by atoms with Crippen LogP contribution in [0.25, 0.3) is 17.0 Å². The normalized spacial score (nSPS) is 9.79. The minimum atomic E-state index is 1.06. The molecule has 0 saturated carbocycles. The Morgan fingerprint density at radius 3 is 3.07 bits per heavy atom. The summed E-state index contributed by atoms with van der Waals surface area (Å²) < 4.78 is 0. The molecule has 2 aromatic rings. The van der Waals surface area contributed by atoms with Gasteiger partial charge in [0.25, 0.3) is 0 Å². The minimum Gasteiger partial charge on any atom is -0.256 e. The van der Waals surface area contributed by atoms with Crippen LogP contribution in [0.4, 0.5) is 0 Å². The molecule has 1 aromatic heterocycles. The van der Waals surface area contributed by atoms with E-state index in [4.69, 9.17) is 0 Å². The minimum absolute atomic E-state index is 1.06. The van der Waals surface area contributed by atoms with Crippen LogP contribution in [0, 0.1) is 6.92 Å². The maximum absolute atomic E-state index is 4.33. The summed E-state index contributed by atoms with van der Waals surface area (Å²) in [6.07, 6.45) is 3.69. The van der Waals surface area contributed by atoms with Crippen molar-refractivity contribution >= 4 is 17.0 Å². The third-order valence-corrected chi connectivity index (χ3v) is 2.19. The number of nitrogens with zero attached hydrogens (tertiary/aromatic N) is 1. The molecule has 0 aliphatic carbocycles. The molecular weight excluding hydrogens is 170 g/mol. The highest BCUT2D eigenvalue weighted by molar-refractivity contribution is 5.84. The second-order valence-corrected chi connectivity index (χ2v) is 3.26. The van der Waals surface area contributed by atoms with E-state index in [1.807, 2.05) is 18.3 Å². The molecule has 14 heavy (non-hydrogen) atoms. The van der Waals surface area contributed by atoms with Crippen molar-refractivity contribution in [1.29, 1.82) is 0 Å². The molecule has 0 aliphatic rings. The van der Waals surface area contributed by atoms with E-state index in [1.54, 1.807) is 0 Å². The molecule has 68 valence electrons. The molecule has 2 rings (SSSR count). The first-order valence-corrected chi connectivity index (χ1v) is 4.52. The van der Waals surface area contributed by atoms with Gasteiger partial charge >= 0.3 is 0 Å². The van der Waals surface area contributed by atoms with Crippen LogP contribution in [-0.4, -0.2) is 4.98 Å². The lowest BCUT2D eigenvalue weighted by molar-refractivity contribution is 1.36. The van der Waals surface area contributed by atoms with Gasteiger partial charge < -0.3 is 0 Å². The lowest BCUT2D eigenvalue weighted by Gasteiger charge is -2.02. The van der Waals surface area contributed by atoms with Crippen molar-refractivity contribution in [2.24, 2.45) is 0 Å². The molecule has 0 saturated heterocycles. The van der Waals surface area contributed by atoms with Gasteiger partial charge in [0.2, 0.25) is 0 Å². The zero-order chi connectivity index (χ0) is 9.97. The molecule has 1 nitrogen and oxygen atoms in total. The first kappa shape index (κ1) is 8.74. The first-order chi connectivity index (χ1) is 6.81. The van der Waals surface area contributed by atoms with E-state index in [1.165, 1.54) is 5.56 Å². The molecule has 0 N–H and O–H groups in total. The third-order valence-electron chi connectivity index (χ3n) is 2.19. The highest BCUT2D eigenvalue weighted by atomic mass is 14.6. The highest BCUT2D eigenvalue weighted by Gasteiger charge is 1.98. The Bertz CT molecular complexity index is 520. The summed E-state index contributed by atoms with van der Waals surface area (Å²) in [5.41, 5.74) is 6.15. The van der Waals surface area contributed by atoms with Crippen LogP contribution in [0.5, 0.6) is 0 Å². The summed E-state index contributed by atoms with van der Waals surface area (Å²) >= 11 is 0. The van der Waals surface area contributed by atoms with Crippen LogP contribution in [0.1, 0.15) is 11.1 Å². The summed E-state index contributed by atoms with van der Waals surface area (Å²) in [5.74, 6) is 0. The average Bonchev–Trinajstić information content (AvgIpc) is 2.18. The average molecular weight is 181 g/mol. The van der Waals surface area contributed by atoms with Gasteiger partial charge in [-0.2, -0.15) is 0 Å². The summed E-state index contributed by atoms with van der Waals surface area (Å²) in [6.45, 7) is 5.63. The third kappa shape index (κ3) is 1.46. The Balaban J connectivity index is 2.78. The SMILES string of the molecule is C=C=Cc1cc(C)c2ncccc2c1. The largest absolute Gasteiger partial charge is 0.256 e. The Kier molecular flexibility index (Phi) is 2.18. The molecule has 0 atom stereocenters. The quantitative estimate of drug-likeness (QED) is 0.615. The van der Waals surface area contributed by atoms with E-state index in [-0.39, 0.29) is 0 Å². The molecule has 1 heterocycles. The standard InChI is InChI=1S/C13H11N/c1-3-5-11-8-10(2)13-12(9-11)6-4-7-14-13/h4-9H,1H2,2H3. The lowest BCUT2D eigenvalue weighted by atomic mass is 10.1. The second kappa shape index (κ2) is 3.49. The summed E-state index contributed by atoms with van der Waals surface area (Å²) in [5, 5.41) is 1.16. The highest BCUT2D eigenvalue weighted by Crippen LogP contribution is 2.18. The fourth-order valence-corrected chi connectivity index (χ4v) is 1.60. The zero-order valence-corrected chi connectivity index (χ0v) is 8.12. The number of fused-ring (bicyclic) bond motifs is 1. The molecule has 0 unspecified atom stereocenters. The number of hydrogen-bond donors (Lipinski definition) is 0. The number of benzene rings is 1. The number of aromatic nitrogens is 1. The van der Waals surface area contributed by atoms with Crippen molar-refractivity contribution in [3.63, 3.8) is 0 Å². The molecule has 0 fully saturated rings. The van der Waals surface area contributed by atoms with Crippen LogP contribution in [0.3, 0.4) is 0 Å². The lowest BCUT2D eigenvalue weighted by Crippen LogP contribution is -1.84. The predicted molar refractivity (Wildman–Crippen MR) is 60.1 cm³/mol. The van der Waals surface area contributed by atoms with E-state index < -0.39 is 0 Å². The Labute approximate surface area is 83.4 Å². The van der Waals surface area contributed by atoms with Crippen LogP contribution in [-0.2, 0) is 0 Å². The van der Waals surface area contributed by atoms with Gasteiger partial charge in [0.1, 0.15) is 0 Å². The van der Waals surface area contributed by atoms with Crippen LogP contribution >= 0.6 is 0 Å². The van der Waals surface area contributed by atoms with Gasteiger partial charge in [-0.15, -0.1) is 5.73 Å². The van der Waals surface area contributed by atoms with Crippen molar-refractivity contribution in [3.05, 3.63) is 53.9 Å². The number of hydrogen-bond acceptors (Lipinski definition) is 1. The van der Waals surface area contributed by atoms with Crippen molar-refractivity contribution in [2.45, 2.75) is 6.92 Å². The van der Waals surface area contributed by atoms with Crippen molar-refractivity contribution in [2.75, 3.05) is 0 Å². The van der Waals surface area contributed by atoms with Gasteiger partial charge in [0, 0.05) is 11.6 Å². The van der Waals surface area contributed by atoms with Gasteiger partial charge in [-0.25, -0.2) is 0 Å². The van der Waals surface area contributed by atoms with Crippen LogP contribution in [0.2, 0.25) is 0 Å². The monoisotopic (exact) mass is 181 g/mol. The van der Waals surface area contributed by atoms with Crippen LogP contribution < -0.4 is 0 Å². The van der Waals surface area contributed by atoms with Gasteiger partial charge in [0.05, 0.1) is 5.52 Å². The predicted octanol–water partition coefficient (Wildman–Crippen LogP) is 3.34. The van der Waals surface area contributed by atoms with Crippen LogP contribution in [0.15, 0.2) is 42.8 Å². The molecule has 0 spiro atoms. The Morgan fingerprint density at radius 1 is 1.43 bits per heavy atom. The molecular formula is C13H11N. The van der Waals surface area contributed by atoms with E-state index in [9.17, 15) is 0 Å². The topological polar surface area (TPSA) is 12.9 Å². The van der Waals surface area contributed by atoms with Crippen molar-refractivity contribution in [3.8, 4) is 0 Å². The zero-order valence-electron chi connectivity index (χ0n) is 8.12. The number of rotatable bonds is 1. The summed E-state index contributed by atoms with van der Waals surface area (Å²) in [4.78, 5) is 4.33. The van der Waals surface area contributed by atoms with Gasteiger partial charge in [-0.1, -0.05) is 12.6 Å². The van der Waals surface area contributed by atoms with E-state index in [0.29, 0.717) is 0 Å². The van der Waals surface area contributed by atoms with E-state index in [0.717, 1.165) is 16.5 Å².